The van der Waals surface area contributed by atoms with Crippen molar-refractivity contribution in [1.82, 2.24) is 9.97 Å². The molecule has 19 heavy (non-hydrogen) atoms. The number of nitrogens with one attached hydrogen (secondary N) is 1. The lowest BCUT2D eigenvalue weighted by Crippen LogP contribution is -2.28. The molecule has 1 saturated carbocycles. The molecular weight excluding hydrogens is 242 g/mol. The number of nitrogens with zero attached hydrogens (tertiary/aromatic N) is 2. The summed E-state index contributed by atoms with van der Waals surface area (Å²) in [6.45, 7) is 2.19. The molecule has 5 heteroatoms. The van der Waals surface area contributed by atoms with Crippen molar-refractivity contribution in [3.05, 3.63) is 18.1 Å². The molecule has 1 aromatic heterocycles. The predicted octanol–water partition coefficient (Wildman–Crippen LogP) is 2.64. The molecule has 0 spiro atoms. The van der Waals surface area contributed by atoms with Gasteiger partial charge in [0.05, 0.1) is 19.5 Å². The molecule has 0 aromatic carbocycles. The first-order valence-corrected chi connectivity index (χ1v) is 6.87. The van der Waals surface area contributed by atoms with Gasteiger partial charge in [-0.25, -0.2) is 14.8 Å². The number of carbonyl (C=O) groups excluding carboxylic acids is 1. The molecule has 1 aliphatic carbocycles. The first-order valence-electron chi connectivity index (χ1n) is 6.87. The van der Waals surface area contributed by atoms with E-state index in [1.807, 2.05) is 0 Å². The number of ether oxygens (including phenoxy) is 1. The average molecular weight is 263 g/mol. The highest BCUT2D eigenvalue weighted by molar-refractivity contribution is 5.86. The minimum Gasteiger partial charge on any atom is -0.464 e. The van der Waals surface area contributed by atoms with Gasteiger partial charge in [-0.1, -0.05) is 19.3 Å². The first-order chi connectivity index (χ1) is 9.20. The number of carbonyl (C=O) groups is 1. The molecule has 1 aliphatic rings. The van der Waals surface area contributed by atoms with Gasteiger partial charge < -0.3 is 10.1 Å². The molecule has 0 bridgehead atoms. The van der Waals surface area contributed by atoms with Crippen LogP contribution in [0.15, 0.2) is 12.4 Å². The standard InChI is InChI=1S/C14H21N3O2/c1-10(11-6-4-3-5-7-11)17-13-9-15-12(8-16-13)14(18)19-2/h8-11H,3-7H2,1-2H3,(H,16,17). The summed E-state index contributed by atoms with van der Waals surface area (Å²) in [5, 5.41) is 3.37. The van der Waals surface area contributed by atoms with Crippen LogP contribution in [0, 0.1) is 5.92 Å². The Morgan fingerprint density at radius 3 is 2.63 bits per heavy atom. The number of hydrogen-bond acceptors (Lipinski definition) is 5. The maximum Gasteiger partial charge on any atom is 0.358 e. The van der Waals surface area contributed by atoms with Crippen molar-refractivity contribution < 1.29 is 9.53 Å². The van der Waals surface area contributed by atoms with Gasteiger partial charge in [0, 0.05) is 6.04 Å². The van der Waals surface area contributed by atoms with Gasteiger partial charge >= 0.3 is 5.97 Å². The largest absolute Gasteiger partial charge is 0.464 e. The molecular formula is C14H21N3O2. The Balaban J connectivity index is 1.93. The van der Waals surface area contributed by atoms with Gasteiger partial charge in [-0.05, 0) is 25.7 Å². The molecule has 0 amide bonds. The van der Waals surface area contributed by atoms with E-state index in [-0.39, 0.29) is 5.69 Å². The maximum absolute atomic E-state index is 11.2. The molecule has 104 valence electrons. The third-order valence-electron chi connectivity index (χ3n) is 3.78. The summed E-state index contributed by atoms with van der Waals surface area (Å²) in [7, 11) is 1.33. The Morgan fingerprint density at radius 1 is 1.32 bits per heavy atom. The SMILES string of the molecule is COC(=O)c1cnc(NC(C)C2CCCCC2)cn1. The molecule has 0 radical (unpaired) electrons. The molecule has 0 aliphatic heterocycles. The molecule has 1 fully saturated rings. The lowest BCUT2D eigenvalue weighted by molar-refractivity contribution is 0.0593. The van der Waals surface area contributed by atoms with Gasteiger partial charge in [0.25, 0.3) is 0 Å². The molecule has 5 nitrogen and oxygen atoms in total. The minimum absolute atomic E-state index is 0.235. The highest BCUT2D eigenvalue weighted by Gasteiger charge is 2.20. The van der Waals surface area contributed by atoms with Gasteiger partial charge in [0.1, 0.15) is 5.82 Å². The third-order valence-corrected chi connectivity index (χ3v) is 3.78. The summed E-state index contributed by atoms with van der Waals surface area (Å²) in [4.78, 5) is 19.5. The van der Waals surface area contributed by atoms with Crippen LogP contribution in [-0.2, 0) is 4.74 Å². The second-order valence-corrected chi connectivity index (χ2v) is 5.11. The molecule has 1 unspecified atom stereocenters. The number of methoxy groups -OCH3 is 1. The fourth-order valence-corrected chi connectivity index (χ4v) is 2.60. The van der Waals surface area contributed by atoms with Crippen LogP contribution in [0.3, 0.4) is 0 Å². The van der Waals surface area contributed by atoms with Gasteiger partial charge in [-0.15, -0.1) is 0 Å². The average Bonchev–Trinajstić information content (AvgIpc) is 2.48. The Bertz CT molecular complexity index is 413. The van der Waals surface area contributed by atoms with Crippen LogP contribution in [0.25, 0.3) is 0 Å². The molecule has 2 rings (SSSR count). The highest BCUT2D eigenvalue weighted by Crippen LogP contribution is 2.27. The van der Waals surface area contributed by atoms with Gasteiger partial charge in [-0.2, -0.15) is 0 Å². The topological polar surface area (TPSA) is 64.1 Å². The lowest BCUT2D eigenvalue weighted by Gasteiger charge is -2.28. The normalized spacial score (nSPS) is 17.8. The van der Waals surface area contributed by atoms with Crippen molar-refractivity contribution in [3.8, 4) is 0 Å². The summed E-state index contributed by atoms with van der Waals surface area (Å²) in [5.74, 6) is 0.959. The summed E-state index contributed by atoms with van der Waals surface area (Å²) >= 11 is 0. The van der Waals surface area contributed by atoms with Crippen molar-refractivity contribution in [1.29, 1.82) is 0 Å². The third kappa shape index (κ3) is 3.66. The van der Waals surface area contributed by atoms with Crippen molar-refractivity contribution >= 4 is 11.8 Å². The Hall–Kier alpha value is -1.65. The van der Waals surface area contributed by atoms with Gasteiger partial charge in [-0.3, -0.25) is 0 Å². The molecule has 1 aromatic rings. The van der Waals surface area contributed by atoms with Gasteiger partial charge in [0.2, 0.25) is 0 Å². The molecule has 0 saturated heterocycles. The van der Waals surface area contributed by atoms with Crippen molar-refractivity contribution in [2.75, 3.05) is 12.4 Å². The van der Waals surface area contributed by atoms with Crippen LogP contribution in [0.2, 0.25) is 0 Å². The first kappa shape index (κ1) is 13.8. The highest BCUT2D eigenvalue weighted by atomic mass is 16.5. The van der Waals surface area contributed by atoms with Gasteiger partial charge in [0.15, 0.2) is 5.69 Å². The van der Waals surface area contributed by atoms with E-state index in [1.54, 1.807) is 6.20 Å². The number of esters is 1. The van der Waals surface area contributed by atoms with Crippen LogP contribution in [-0.4, -0.2) is 29.1 Å². The fourth-order valence-electron chi connectivity index (χ4n) is 2.60. The van der Waals surface area contributed by atoms with E-state index < -0.39 is 5.97 Å². The number of anilines is 1. The van der Waals surface area contributed by atoms with Crippen LogP contribution < -0.4 is 5.32 Å². The quantitative estimate of drug-likeness (QED) is 0.846. The smallest absolute Gasteiger partial charge is 0.358 e. The summed E-state index contributed by atoms with van der Waals surface area (Å²) in [6.07, 6.45) is 9.60. The van der Waals surface area contributed by atoms with E-state index in [4.69, 9.17) is 0 Å². The molecule has 1 N–H and O–H groups in total. The fraction of sp³-hybridized carbons (Fsp3) is 0.643. The van der Waals surface area contributed by atoms with Crippen LogP contribution in [0.1, 0.15) is 49.5 Å². The second-order valence-electron chi connectivity index (χ2n) is 5.11. The number of aromatic nitrogens is 2. The van der Waals surface area contributed by atoms with Crippen molar-refractivity contribution in [2.45, 2.75) is 45.1 Å². The van der Waals surface area contributed by atoms with Crippen LogP contribution >= 0.6 is 0 Å². The Kier molecular flexibility index (Phi) is 4.71. The summed E-state index contributed by atoms with van der Waals surface area (Å²) < 4.78 is 4.59. The molecule has 1 heterocycles. The van der Waals surface area contributed by atoms with Crippen molar-refractivity contribution in [2.24, 2.45) is 5.92 Å². The van der Waals surface area contributed by atoms with Crippen LogP contribution in [0.5, 0.6) is 0 Å². The van der Waals surface area contributed by atoms with Crippen LogP contribution in [0.4, 0.5) is 5.82 Å². The zero-order valence-corrected chi connectivity index (χ0v) is 11.6. The maximum atomic E-state index is 11.2. The zero-order chi connectivity index (χ0) is 13.7. The van der Waals surface area contributed by atoms with Crippen molar-refractivity contribution in [3.63, 3.8) is 0 Å². The monoisotopic (exact) mass is 263 g/mol. The second kappa shape index (κ2) is 6.50. The number of hydrogen-bond donors (Lipinski definition) is 1. The van der Waals surface area contributed by atoms with E-state index in [9.17, 15) is 4.79 Å². The Labute approximate surface area is 113 Å². The summed E-state index contributed by atoms with van der Waals surface area (Å²) in [5.41, 5.74) is 0.235. The van der Waals surface area contributed by atoms with E-state index in [2.05, 4.69) is 26.9 Å². The zero-order valence-electron chi connectivity index (χ0n) is 11.6. The molecule has 1 atom stereocenters. The van der Waals surface area contributed by atoms with E-state index >= 15 is 0 Å². The summed E-state index contributed by atoms with van der Waals surface area (Å²) in [6, 6.07) is 0.388. The predicted molar refractivity (Wildman–Crippen MR) is 73.0 cm³/mol. The lowest BCUT2D eigenvalue weighted by atomic mass is 9.84. The minimum atomic E-state index is -0.459. The van der Waals surface area contributed by atoms with E-state index in [0.717, 1.165) is 0 Å². The van der Waals surface area contributed by atoms with E-state index in [1.165, 1.54) is 45.4 Å². The van der Waals surface area contributed by atoms with E-state index in [0.29, 0.717) is 17.8 Å². The Morgan fingerprint density at radius 2 is 2.05 bits per heavy atom. The number of rotatable bonds is 4.